The van der Waals surface area contributed by atoms with E-state index in [4.69, 9.17) is 27.9 Å². The summed E-state index contributed by atoms with van der Waals surface area (Å²) in [6.45, 7) is 6.52. The molecular weight excluding hydrogens is 573 g/mol. The number of hydrogen-bond donors (Lipinski definition) is 1. The van der Waals surface area contributed by atoms with Gasteiger partial charge in [-0.2, -0.15) is 0 Å². The third-order valence-electron chi connectivity index (χ3n) is 6.11. The van der Waals surface area contributed by atoms with Crippen molar-refractivity contribution in [3.8, 4) is 5.75 Å². The third-order valence-corrected chi connectivity index (χ3v) is 8.33. The number of sulfonamides is 1. The number of nitrogens with one attached hydrogen (secondary N) is 1. The maximum Gasteiger partial charge on any atom is 0.264 e. The number of benzene rings is 3. The van der Waals surface area contributed by atoms with Crippen molar-refractivity contribution in [3.63, 3.8) is 0 Å². The first kappa shape index (κ1) is 31.3. The predicted molar refractivity (Wildman–Crippen MR) is 158 cm³/mol. The van der Waals surface area contributed by atoms with Gasteiger partial charge in [-0.1, -0.05) is 53.0 Å². The Morgan fingerprint density at radius 3 is 2.15 bits per heavy atom. The molecule has 3 aromatic carbocycles. The van der Waals surface area contributed by atoms with Gasteiger partial charge in [-0.25, -0.2) is 8.42 Å². The molecule has 0 aliphatic rings. The number of carbonyl (C=O) groups is 2. The lowest BCUT2D eigenvalue weighted by atomic mass is 10.1. The minimum absolute atomic E-state index is 0.00746. The average Bonchev–Trinajstić information content (AvgIpc) is 2.89. The summed E-state index contributed by atoms with van der Waals surface area (Å²) < 4.78 is 34.0. The molecule has 8 nitrogen and oxygen atoms in total. The summed E-state index contributed by atoms with van der Waals surface area (Å²) in [5.74, 6) is -0.382. The Hall–Kier alpha value is -3.27. The van der Waals surface area contributed by atoms with E-state index in [-0.39, 0.29) is 39.1 Å². The van der Waals surface area contributed by atoms with Crippen LogP contribution in [0.1, 0.15) is 31.9 Å². The fourth-order valence-corrected chi connectivity index (χ4v) is 5.92. The van der Waals surface area contributed by atoms with Crippen LogP contribution in [0.4, 0.5) is 5.69 Å². The van der Waals surface area contributed by atoms with Crippen LogP contribution in [0.3, 0.4) is 0 Å². The molecule has 0 unspecified atom stereocenters. The number of aryl methyl sites for hydroxylation is 1. The second-order valence-electron chi connectivity index (χ2n) is 9.66. The molecule has 0 aromatic heterocycles. The summed E-state index contributed by atoms with van der Waals surface area (Å²) in [6.07, 6.45) is 0. The minimum Gasteiger partial charge on any atom is -0.497 e. The second kappa shape index (κ2) is 13.4. The van der Waals surface area contributed by atoms with Crippen LogP contribution >= 0.6 is 23.2 Å². The van der Waals surface area contributed by atoms with Crippen molar-refractivity contribution in [2.24, 2.45) is 0 Å². The lowest BCUT2D eigenvalue weighted by Crippen LogP contribution is -2.52. The maximum atomic E-state index is 14.0. The number of amides is 2. The summed E-state index contributed by atoms with van der Waals surface area (Å²) in [5.41, 5.74) is 1.70. The molecule has 0 spiro atoms. The summed E-state index contributed by atoms with van der Waals surface area (Å²) in [5, 5.41) is 3.23. The number of anilines is 1. The topological polar surface area (TPSA) is 96.0 Å². The number of rotatable bonds is 11. The summed E-state index contributed by atoms with van der Waals surface area (Å²) in [7, 11) is -2.70. The highest BCUT2D eigenvalue weighted by molar-refractivity contribution is 7.92. The highest BCUT2D eigenvalue weighted by Gasteiger charge is 2.33. The zero-order chi connectivity index (χ0) is 29.6. The van der Waals surface area contributed by atoms with Gasteiger partial charge in [0.05, 0.1) is 17.7 Å². The van der Waals surface area contributed by atoms with Gasteiger partial charge in [0, 0.05) is 22.6 Å². The first-order valence-electron chi connectivity index (χ1n) is 12.6. The van der Waals surface area contributed by atoms with E-state index in [2.05, 4.69) is 5.32 Å². The van der Waals surface area contributed by atoms with Crippen LogP contribution in [0.2, 0.25) is 10.0 Å². The van der Waals surface area contributed by atoms with Crippen molar-refractivity contribution >= 4 is 50.7 Å². The van der Waals surface area contributed by atoms with Crippen LogP contribution in [0.5, 0.6) is 5.75 Å². The van der Waals surface area contributed by atoms with Crippen molar-refractivity contribution in [1.29, 1.82) is 0 Å². The highest BCUT2D eigenvalue weighted by atomic mass is 35.5. The third kappa shape index (κ3) is 7.90. The predicted octanol–water partition coefficient (Wildman–Crippen LogP) is 5.45. The van der Waals surface area contributed by atoms with E-state index < -0.39 is 28.5 Å². The van der Waals surface area contributed by atoms with Gasteiger partial charge in [0.2, 0.25) is 11.8 Å². The van der Waals surface area contributed by atoms with Crippen LogP contribution in [0.15, 0.2) is 71.6 Å². The average molecular weight is 607 g/mol. The molecule has 0 radical (unpaired) electrons. The molecule has 0 aliphatic heterocycles. The van der Waals surface area contributed by atoms with Crippen molar-refractivity contribution in [3.05, 3.63) is 87.9 Å². The van der Waals surface area contributed by atoms with Crippen molar-refractivity contribution in [1.82, 2.24) is 10.2 Å². The Labute approximate surface area is 245 Å². The van der Waals surface area contributed by atoms with Gasteiger partial charge in [0.1, 0.15) is 18.3 Å². The summed E-state index contributed by atoms with van der Waals surface area (Å²) >= 11 is 12.4. The quantitative estimate of drug-likeness (QED) is 0.313. The molecule has 40 heavy (non-hydrogen) atoms. The summed E-state index contributed by atoms with van der Waals surface area (Å²) in [6, 6.07) is 16.6. The molecule has 0 bridgehead atoms. The minimum atomic E-state index is -4.23. The van der Waals surface area contributed by atoms with E-state index in [1.165, 1.54) is 42.3 Å². The van der Waals surface area contributed by atoms with Crippen LogP contribution in [0.25, 0.3) is 0 Å². The van der Waals surface area contributed by atoms with Crippen LogP contribution < -0.4 is 14.4 Å². The van der Waals surface area contributed by atoms with Crippen LogP contribution in [0, 0.1) is 6.92 Å². The number of carbonyl (C=O) groups excluding carboxylic acids is 2. The zero-order valence-electron chi connectivity index (χ0n) is 23.0. The largest absolute Gasteiger partial charge is 0.497 e. The smallest absolute Gasteiger partial charge is 0.264 e. The van der Waals surface area contributed by atoms with Gasteiger partial charge in [0.25, 0.3) is 10.0 Å². The highest BCUT2D eigenvalue weighted by Crippen LogP contribution is 2.30. The van der Waals surface area contributed by atoms with Crippen LogP contribution in [-0.2, 0) is 26.2 Å². The molecule has 11 heteroatoms. The molecule has 1 N–H and O–H groups in total. The maximum absolute atomic E-state index is 14.0. The Morgan fingerprint density at radius 2 is 1.57 bits per heavy atom. The fraction of sp³-hybridized carbons (Fsp3) is 0.310. The van der Waals surface area contributed by atoms with E-state index in [0.29, 0.717) is 11.3 Å². The molecule has 0 saturated carbocycles. The normalized spacial score (nSPS) is 12.1. The van der Waals surface area contributed by atoms with E-state index in [9.17, 15) is 18.0 Å². The Kier molecular flexibility index (Phi) is 10.5. The monoisotopic (exact) mass is 605 g/mol. The van der Waals surface area contributed by atoms with Gasteiger partial charge in [0.15, 0.2) is 0 Å². The number of halogens is 2. The molecule has 0 fully saturated rings. The molecule has 0 aliphatic carbocycles. The van der Waals surface area contributed by atoms with Gasteiger partial charge in [-0.05, 0) is 75.7 Å². The molecule has 214 valence electrons. The Balaban J connectivity index is 2.07. The van der Waals surface area contributed by atoms with Gasteiger partial charge in [-0.3, -0.25) is 13.9 Å². The van der Waals surface area contributed by atoms with Gasteiger partial charge >= 0.3 is 0 Å². The number of methoxy groups -OCH3 is 1. The van der Waals surface area contributed by atoms with Gasteiger partial charge < -0.3 is 15.0 Å². The Bertz CT molecular complexity index is 1440. The SMILES string of the molecule is COc1cccc(CN(C(=O)CN(c2cc(Cl)cc(Cl)c2)S(=O)(=O)c2ccc(C)cc2)[C@H](C)C(=O)NC(C)C)c1. The standard InChI is InChI=1S/C29H33Cl2N3O5S/c1-19(2)32-29(36)21(4)33(17-22-7-6-8-26(13-22)39-5)28(35)18-34(25-15-23(30)14-24(31)16-25)40(37,38)27-11-9-20(3)10-12-27/h6-16,19,21H,17-18H2,1-5H3,(H,32,36)/t21-/m1/s1. The molecule has 1 atom stereocenters. The molecule has 3 rings (SSSR count). The molecular formula is C29H33Cl2N3O5S. The molecule has 0 heterocycles. The number of nitrogens with zero attached hydrogens (tertiary/aromatic N) is 2. The van der Waals surface area contributed by atoms with E-state index in [0.717, 1.165) is 9.87 Å². The van der Waals surface area contributed by atoms with Crippen molar-refractivity contribution < 1.29 is 22.7 Å². The molecule has 0 saturated heterocycles. The number of ether oxygens (including phenoxy) is 1. The zero-order valence-corrected chi connectivity index (χ0v) is 25.3. The lowest BCUT2D eigenvalue weighted by Gasteiger charge is -2.32. The lowest BCUT2D eigenvalue weighted by molar-refractivity contribution is -0.139. The fourth-order valence-electron chi connectivity index (χ4n) is 4.00. The molecule has 3 aromatic rings. The van der Waals surface area contributed by atoms with Crippen LogP contribution in [-0.4, -0.2) is 50.9 Å². The van der Waals surface area contributed by atoms with Crippen molar-refractivity contribution in [2.75, 3.05) is 18.0 Å². The molecule has 2 amide bonds. The van der Waals surface area contributed by atoms with E-state index in [1.807, 2.05) is 20.8 Å². The van der Waals surface area contributed by atoms with Crippen molar-refractivity contribution in [2.45, 2.75) is 51.2 Å². The van der Waals surface area contributed by atoms with Gasteiger partial charge in [-0.15, -0.1) is 0 Å². The second-order valence-corrected chi connectivity index (χ2v) is 12.4. The first-order valence-corrected chi connectivity index (χ1v) is 14.8. The first-order chi connectivity index (χ1) is 18.8. The van der Waals surface area contributed by atoms with E-state index >= 15 is 0 Å². The summed E-state index contributed by atoms with van der Waals surface area (Å²) in [4.78, 5) is 28.3. The van der Waals surface area contributed by atoms with E-state index in [1.54, 1.807) is 43.3 Å². The Morgan fingerprint density at radius 1 is 0.950 bits per heavy atom. The number of hydrogen-bond acceptors (Lipinski definition) is 5.